The standard InChI is InChI=1S/C25H15N5O5/c1-13(31)28-20-5-3-2-4-16(20)17-10-22-19(9-15(17)12-27)23(30-35-22)24(32)29-21-7-6-14(11-26)8-18(21)25(33)34/h2-10H,1H3,(H,28,31)(H,29,32)(H,33,34). The smallest absolute Gasteiger partial charge is 0.337 e. The lowest BCUT2D eigenvalue weighted by molar-refractivity contribution is -0.114. The molecule has 0 bridgehead atoms. The van der Waals surface area contributed by atoms with Crippen molar-refractivity contribution in [2.45, 2.75) is 6.92 Å². The molecule has 170 valence electrons. The van der Waals surface area contributed by atoms with Gasteiger partial charge in [-0.3, -0.25) is 9.59 Å². The number of aromatic nitrogens is 1. The van der Waals surface area contributed by atoms with E-state index in [1.165, 1.54) is 25.1 Å². The number of nitriles is 2. The quantitative estimate of drug-likeness (QED) is 0.395. The summed E-state index contributed by atoms with van der Waals surface area (Å²) in [5.41, 5.74) is 1.63. The third-order valence-corrected chi connectivity index (χ3v) is 5.10. The van der Waals surface area contributed by atoms with Gasteiger partial charge in [0.05, 0.1) is 39.9 Å². The van der Waals surface area contributed by atoms with Crippen LogP contribution in [0.2, 0.25) is 0 Å². The second-order valence-electron chi connectivity index (χ2n) is 7.40. The highest BCUT2D eigenvalue weighted by Gasteiger charge is 2.22. The molecule has 0 fully saturated rings. The highest BCUT2D eigenvalue weighted by atomic mass is 16.5. The Bertz CT molecular complexity index is 1610. The molecule has 4 rings (SSSR count). The molecule has 0 aliphatic rings. The molecule has 0 aliphatic carbocycles. The summed E-state index contributed by atoms with van der Waals surface area (Å²) in [7, 11) is 0. The molecule has 0 radical (unpaired) electrons. The lowest BCUT2D eigenvalue weighted by Crippen LogP contribution is -2.15. The van der Waals surface area contributed by atoms with E-state index in [9.17, 15) is 24.8 Å². The molecule has 1 aromatic heterocycles. The van der Waals surface area contributed by atoms with Crippen molar-refractivity contribution in [3.05, 3.63) is 77.0 Å². The first-order valence-electron chi connectivity index (χ1n) is 10.1. The van der Waals surface area contributed by atoms with Crippen molar-refractivity contribution >= 4 is 40.1 Å². The van der Waals surface area contributed by atoms with E-state index in [0.717, 1.165) is 6.07 Å². The lowest BCUT2D eigenvalue weighted by atomic mass is 9.96. The van der Waals surface area contributed by atoms with Gasteiger partial charge in [-0.25, -0.2) is 4.79 Å². The number of carboxylic acids is 1. The van der Waals surface area contributed by atoms with Crippen LogP contribution in [0.4, 0.5) is 11.4 Å². The van der Waals surface area contributed by atoms with Gasteiger partial charge < -0.3 is 20.3 Å². The highest BCUT2D eigenvalue weighted by molar-refractivity contribution is 6.13. The van der Waals surface area contributed by atoms with Crippen LogP contribution in [-0.4, -0.2) is 28.0 Å². The topological polar surface area (TPSA) is 169 Å². The summed E-state index contributed by atoms with van der Waals surface area (Å²) in [5, 5.41) is 37.5. The number of carbonyl (C=O) groups is 3. The lowest BCUT2D eigenvalue weighted by Gasteiger charge is -2.11. The zero-order valence-corrected chi connectivity index (χ0v) is 18.1. The van der Waals surface area contributed by atoms with Crippen molar-refractivity contribution in [1.29, 1.82) is 10.5 Å². The summed E-state index contributed by atoms with van der Waals surface area (Å²) in [5.74, 6) is -2.36. The summed E-state index contributed by atoms with van der Waals surface area (Å²) < 4.78 is 5.34. The minimum atomic E-state index is -1.32. The number of anilines is 2. The van der Waals surface area contributed by atoms with Crippen LogP contribution in [0.15, 0.2) is 59.1 Å². The Labute approximate surface area is 198 Å². The van der Waals surface area contributed by atoms with Gasteiger partial charge in [-0.2, -0.15) is 10.5 Å². The predicted octanol–water partition coefficient (Wildman–Crippen LogP) is 4.15. The number of aromatic carboxylic acids is 1. The van der Waals surface area contributed by atoms with E-state index in [0.29, 0.717) is 16.8 Å². The van der Waals surface area contributed by atoms with Crippen molar-refractivity contribution in [1.82, 2.24) is 5.16 Å². The van der Waals surface area contributed by atoms with Crippen LogP contribution in [-0.2, 0) is 4.79 Å². The monoisotopic (exact) mass is 465 g/mol. The SMILES string of the molecule is CC(=O)Nc1ccccc1-c1cc2onc(C(=O)Nc3ccc(C#N)cc3C(=O)O)c2cc1C#N. The molecular formula is C25H15N5O5. The van der Waals surface area contributed by atoms with Gasteiger partial charge in [0.15, 0.2) is 11.3 Å². The number of para-hydroxylation sites is 1. The van der Waals surface area contributed by atoms with Gasteiger partial charge in [0.25, 0.3) is 5.91 Å². The number of carbonyl (C=O) groups excluding carboxylic acids is 2. The average Bonchev–Trinajstić information content (AvgIpc) is 3.26. The molecule has 10 heteroatoms. The van der Waals surface area contributed by atoms with Crippen LogP contribution in [0.1, 0.15) is 38.9 Å². The molecule has 2 amide bonds. The summed E-state index contributed by atoms with van der Waals surface area (Å²) in [6.45, 7) is 1.37. The van der Waals surface area contributed by atoms with Crippen LogP contribution in [0.5, 0.6) is 0 Å². The van der Waals surface area contributed by atoms with Gasteiger partial charge in [0, 0.05) is 23.7 Å². The zero-order valence-electron chi connectivity index (χ0n) is 18.1. The van der Waals surface area contributed by atoms with E-state index in [4.69, 9.17) is 9.78 Å². The second kappa shape index (κ2) is 9.17. The fourth-order valence-corrected chi connectivity index (χ4v) is 3.56. The average molecular weight is 465 g/mol. The number of rotatable bonds is 5. The minimum Gasteiger partial charge on any atom is -0.478 e. The Balaban J connectivity index is 1.76. The van der Waals surface area contributed by atoms with Crippen molar-refractivity contribution < 1.29 is 24.0 Å². The van der Waals surface area contributed by atoms with Crippen LogP contribution < -0.4 is 10.6 Å². The van der Waals surface area contributed by atoms with Crippen LogP contribution in [0.3, 0.4) is 0 Å². The highest BCUT2D eigenvalue weighted by Crippen LogP contribution is 2.34. The first-order chi connectivity index (χ1) is 16.8. The number of fused-ring (bicyclic) bond motifs is 1. The van der Waals surface area contributed by atoms with Gasteiger partial charge in [0.2, 0.25) is 5.91 Å². The van der Waals surface area contributed by atoms with Gasteiger partial charge in [-0.05, 0) is 36.4 Å². The summed E-state index contributed by atoms with van der Waals surface area (Å²) >= 11 is 0. The molecular weight excluding hydrogens is 450 g/mol. The van der Waals surface area contributed by atoms with Gasteiger partial charge in [-0.1, -0.05) is 23.4 Å². The number of hydrogen-bond acceptors (Lipinski definition) is 7. The number of benzene rings is 3. The molecule has 0 atom stereocenters. The fourth-order valence-electron chi connectivity index (χ4n) is 3.56. The van der Waals surface area contributed by atoms with E-state index in [-0.39, 0.29) is 44.9 Å². The first kappa shape index (κ1) is 22.7. The Morgan fingerprint density at radius 2 is 1.71 bits per heavy atom. The van der Waals surface area contributed by atoms with Crippen molar-refractivity contribution in [2.75, 3.05) is 10.6 Å². The molecule has 3 aromatic carbocycles. The Hall–Kier alpha value is -5.48. The predicted molar refractivity (Wildman–Crippen MR) is 125 cm³/mol. The largest absolute Gasteiger partial charge is 0.478 e. The van der Waals surface area contributed by atoms with Gasteiger partial charge >= 0.3 is 5.97 Å². The normalized spacial score (nSPS) is 10.3. The van der Waals surface area contributed by atoms with E-state index < -0.39 is 11.9 Å². The molecule has 10 nitrogen and oxygen atoms in total. The maximum Gasteiger partial charge on any atom is 0.337 e. The zero-order chi connectivity index (χ0) is 25.1. The van der Waals surface area contributed by atoms with Crippen molar-refractivity contribution in [3.63, 3.8) is 0 Å². The maximum atomic E-state index is 12.9. The van der Waals surface area contributed by atoms with Gasteiger partial charge in [-0.15, -0.1) is 0 Å². The minimum absolute atomic E-state index is 0.0287. The summed E-state index contributed by atoms with van der Waals surface area (Å²) in [6.07, 6.45) is 0. The van der Waals surface area contributed by atoms with Crippen LogP contribution in [0.25, 0.3) is 22.1 Å². The molecule has 0 aliphatic heterocycles. The first-order valence-corrected chi connectivity index (χ1v) is 10.1. The molecule has 0 spiro atoms. The molecule has 0 unspecified atom stereocenters. The molecule has 1 heterocycles. The number of amides is 2. The molecule has 3 N–H and O–H groups in total. The molecule has 35 heavy (non-hydrogen) atoms. The number of nitrogens with zero attached hydrogens (tertiary/aromatic N) is 3. The Morgan fingerprint density at radius 3 is 2.40 bits per heavy atom. The number of nitrogens with one attached hydrogen (secondary N) is 2. The maximum absolute atomic E-state index is 12.9. The van der Waals surface area contributed by atoms with Crippen LogP contribution in [0, 0.1) is 22.7 Å². The van der Waals surface area contributed by atoms with Crippen LogP contribution >= 0.6 is 0 Å². The Kier molecular flexibility index (Phi) is 5.95. The van der Waals surface area contributed by atoms with E-state index >= 15 is 0 Å². The molecule has 0 saturated carbocycles. The van der Waals surface area contributed by atoms with Crippen molar-refractivity contribution in [2.24, 2.45) is 0 Å². The summed E-state index contributed by atoms with van der Waals surface area (Å²) in [6, 6.07) is 17.7. The Morgan fingerprint density at radius 1 is 0.943 bits per heavy atom. The van der Waals surface area contributed by atoms with E-state index in [2.05, 4.69) is 21.9 Å². The number of carboxylic acid groups (broad SMARTS) is 1. The third-order valence-electron chi connectivity index (χ3n) is 5.10. The third kappa shape index (κ3) is 4.40. The summed E-state index contributed by atoms with van der Waals surface area (Å²) in [4.78, 5) is 36.1. The van der Waals surface area contributed by atoms with Crippen molar-refractivity contribution in [3.8, 4) is 23.3 Å². The number of hydrogen-bond donors (Lipinski definition) is 3. The molecule has 4 aromatic rings. The van der Waals surface area contributed by atoms with E-state index in [1.807, 2.05) is 6.07 Å². The fraction of sp³-hybridized carbons (Fsp3) is 0.0400. The second-order valence-corrected chi connectivity index (χ2v) is 7.40. The van der Waals surface area contributed by atoms with Gasteiger partial charge in [0.1, 0.15) is 0 Å². The molecule has 0 saturated heterocycles. The van der Waals surface area contributed by atoms with E-state index in [1.54, 1.807) is 30.3 Å².